The van der Waals surface area contributed by atoms with E-state index in [1.165, 1.54) is 39.2 Å². The monoisotopic (exact) mass is 441 g/mol. The number of fused-ring (bicyclic) bond motifs is 5. The van der Waals surface area contributed by atoms with E-state index >= 15 is 0 Å². The maximum atomic E-state index is 10.7. The van der Waals surface area contributed by atoms with E-state index in [-0.39, 0.29) is 12.4 Å². The number of benzene rings is 3. The highest BCUT2D eigenvalue weighted by Crippen LogP contribution is 2.40. The molecule has 0 bridgehead atoms. The third kappa shape index (κ3) is 3.90. The van der Waals surface area contributed by atoms with Gasteiger partial charge in [0.1, 0.15) is 5.52 Å². The van der Waals surface area contributed by atoms with Gasteiger partial charge in [-0.05, 0) is 53.3 Å². The molecular weight excluding hydrogens is 418 g/mol. The summed E-state index contributed by atoms with van der Waals surface area (Å²) >= 11 is 0. The Bertz CT molecular complexity index is 1400. The fraction of sp³-hybridized carbons (Fsp3) is 0.148. The summed E-state index contributed by atoms with van der Waals surface area (Å²) in [6, 6.07) is 20.0. The number of rotatable bonds is 0. The lowest BCUT2D eigenvalue weighted by Crippen LogP contribution is -2.29. The van der Waals surface area contributed by atoms with Gasteiger partial charge in [0.2, 0.25) is 6.20 Å². The summed E-state index contributed by atoms with van der Waals surface area (Å²) in [7, 11) is 0. The van der Waals surface area contributed by atoms with Crippen molar-refractivity contribution >= 4 is 45.4 Å². The molecule has 0 fully saturated rings. The third-order valence-electron chi connectivity index (χ3n) is 6.04. The van der Waals surface area contributed by atoms with E-state index in [0.29, 0.717) is 4.85 Å². The Morgan fingerprint density at radius 3 is 2.66 bits per heavy atom. The topological polar surface area (TPSA) is 63.7 Å². The van der Waals surface area contributed by atoms with Crippen molar-refractivity contribution in [2.24, 2.45) is 0 Å². The number of nitrogens with one attached hydrogen (secondary N) is 1. The Kier molecular flexibility index (Phi) is 6.06. The SMILES string of the molecule is Cc1cccc2ccc3c(c12)C(=N)CC1=C3C=CCC1.Cl.[O-][n+]1ccc2ccccc2n1. The van der Waals surface area contributed by atoms with Crippen LogP contribution < -0.4 is 4.85 Å². The van der Waals surface area contributed by atoms with E-state index in [0.717, 1.165) is 41.4 Å². The maximum Gasteiger partial charge on any atom is 0.210 e. The molecule has 0 saturated heterocycles. The number of nitrogens with zero attached hydrogens (tertiary/aromatic N) is 2. The van der Waals surface area contributed by atoms with Crippen molar-refractivity contribution in [3.63, 3.8) is 0 Å². The molecule has 0 atom stereocenters. The third-order valence-corrected chi connectivity index (χ3v) is 6.04. The summed E-state index contributed by atoms with van der Waals surface area (Å²) in [5.74, 6) is 0. The van der Waals surface area contributed by atoms with E-state index in [4.69, 9.17) is 5.41 Å². The van der Waals surface area contributed by atoms with Gasteiger partial charge in [-0.3, -0.25) is 0 Å². The van der Waals surface area contributed by atoms with Gasteiger partial charge in [0.15, 0.2) is 0 Å². The van der Waals surface area contributed by atoms with Crippen LogP contribution in [-0.4, -0.2) is 10.8 Å². The molecule has 2 aliphatic rings. The first-order valence-corrected chi connectivity index (χ1v) is 10.6. The summed E-state index contributed by atoms with van der Waals surface area (Å²) in [5, 5.41) is 26.4. The molecule has 1 aromatic heterocycles. The lowest BCUT2D eigenvalue weighted by atomic mass is 9.78. The number of hydrogen-bond donors (Lipinski definition) is 1. The first kappa shape index (κ1) is 21.7. The fourth-order valence-corrected chi connectivity index (χ4v) is 4.58. The van der Waals surface area contributed by atoms with Crippen LogP contribution >= 0.6 is 12.4 Å². The van der Waals surface area contributed by atoms with E-state index in [9.17, 15) is 5.21 Å². The molecule has 0 radical (unpaired) electrons. The second-order valence-corrected chi connectivity index (χ2v) is 8.05. The molecule has 0 unspecified atom stereocenters. The Balaban J connectivity index is 0.000000174. The molecule has 160 valence electrons. The quantitative estimate of drug-likeness (QED) is 0.256. The average molecular weight is 442 g/mol. The van der Waals surface area contributed by atoms with E-state index in [2.05, 4.69) is 54.5 Å². The van der Waals surface area contributed by atoms with Crippen molar-refractivity contribution in [1.29, 1.82) is 5.41 Å². The maximum absolute atomic E-state index is 10.7. The standard InChI is InChI=1S/C19H17N.C8H6N2O.ClH/c1-12-5-4-7-13-9-10-16-15-8-3-2-6-14(15)11-17(20)19(16)18(12)13;11-10-6-5-7-3-1-2-4-8(7)9-10;/h3-5,7-10,20H,2,6,11H2,1H3;1-6H;1H. The van der Waals surface area contributed by atoms with Gasteiger partial charge in [-0.25, -0.2) is 0 Å². The van der Waals surface area contributed by atoms with E-state index < -0.39 is 0 Å². The minimum Gasteiger partial charge on any atom is -0.594 e. The van der Waals surface area contributed by atoms with Gasteiger partial charge in [-0.1, -0.05) is 71.1 Å². The average Bonchev–Trinajstić information content (AvgIpc) is 2.79. The Hall–Kier alpha value is -3.50. The zero-order valence-electron chi connectivity index (χ0n) is 17.8. The van der Waals surface area contributed by atoms with Gasteiger partial charge in [0.05, 0.1) is 0 Å². The molecule has 6 rings (SSSR count). The van der Waals surface area contributed by atoms with Crippen LogP contribution in [0, 0.1) is 17.5 Å². The highest BCUT2D eigenvalue weighted by Gasteiger charge is 2.24. The summed E-state index contributed by atoms with van der Waals surface area (Å²) in [6.07, 6.45) is 8.96. The fourth-order valence-electron chi connectivity index (χ4n) is 4.58. The first-order chi connectivity index (χ1) is 15.1. The second-order valence-electron chi connectivity index (χ2n) is 8.05. The second kappa shape index (κ2) is 8.93. The van der Waals surface area contributed by atoms with Crippen LogP contribution in [0.5, 0.6) is 0 Å². The van der Waals surface area contributed by atoms with Crippen LogP contribution in [-0.2, 0) is 0 Å². The van der Waals surface area contributed by atoms with E-state index in [1.54, 1.807) is 6.07 Å². The van der Waals surface area contributed by atoms with Gasteiger partial charge < -0.3 is 10.6 Å². The van der Waals surface area contributed by atoms with Crippen molar-refractivity contribution in [1.82, 2.24) is 5.10 Å². The van der Waals surface area contributed by atoms with Crippen molar-refractivity contribution in [3.8, 4) is 0 Å². The molecule has 32 heavy (non-hydrogen) atoms. The molecule has 4 nitrogen and oxygen atoms in total. The van der Waals surface area contributed by atoms with Crippen molar-refractivity contribution < 1.29 is 4.85 Å². The summed E-state index contributed by atoms with van der Waals surface area (Å²) < 4.78 is 0. The van der Waals surface area contributed by atoms with Crippen molar-refractivity contribution in [3.05, 3.63) is 106 Å². The molecule has 0 spiro atoms. The summed E-state index contributed by atoms with van der Waals surface area (Å²) in [5.41, 5.74) is 8.01. The van der Waals surface area contributed by atoms with Crippen molar-refractivity contribution in [2.75, 3.05) is 0 Å². The van der Waals surface area contributed by atoms with Crippen LogP contribution in [0.25, 0.3) is 27.2 Å². The Morgan fingerprint density at radius 2 is 1.78 bits per heavy atom. The Morgan fingerprint density at radius 1 is 0.969 bits per heavy atom. The van der Waals surface area contributed by atoms with Gasteiger partial charge >= 0.3 is 0 Å². The lowest BCUT2D eigenvalue weighted by Gasteiger charge is -2.26. The largest absolute Gasteiger partial charge is 0.594 e. The summed E-state index contributed by atoms with van der Waals surface area (Å²) in [4.78, 5) is 0.558. The highest BCUT2D eigenvalue weighted by molar-refractivity contribution is 6.17. The predicted molar refractivity (Wildman–Crippen MR) is 133 cm³/mol. The molecule has 5 heteroatoms. The van der Waals surface area contributed by atoms with Crippen LogP contribution in [0.3, 0.4) is 0 Å². The van der Waals surface area contributed by atoms with Gasteiger partial charge in [0.25, 0.3) is 0 Å². The number of aromatic nitrogens is 2. The molecule has 0 amide bonds. The first-order valence-electron chi connectivity index (χ1n) is 10.6. The van der Waals surface area contributed by atoms with Crippen LogP contribution in [0.2, 0.25) is 0 Å². The minimum absolute atomic E-state index is 0. The number of halogens is 1. The number of hydrogen-bond acceptors (Lipinski definition) is 3. The zero-order chi connectivity index (χ0) is 21.4. The Labute approximate surface area is 193 Å². The molecule has 0 aliphatic heterocycles. The van der Waals surface area contributed by atoms with Crippen LogP contribution in [0.1, 0.15) is 36.0 Å². The lowest BCUT2D eigenvalue weighted by molar-refractivity contribution is -0.666. The minimum atomic E-state index is 0. The number of allylic oxidation sites excluding steroid dienone is 4. The van der Waals surface area contributed by atoms with Gasteiger partial charge in [0, 0.05) is 34.2 Å². The molecule has 4 aromatic rings. The number of aryl methyl sites for hydroxylation is 1. The molecule has 1 heterocycles. The molecule has 2 aliphatic carbocycles. The smallest absolute Gasteiger partial charge is 0.210 e. The van der Waals surface area contributed by atoms with Crippen LogP contribution in [0.4, 0.5) is 0 Å². The normalized spacial score (nSPS) is 14.3. The van der Waals surface area contributed by atoms with Crippen molar-refractivity contribution in [2.45, 2.75) is 26.2 Å². The molecule has 3 aromatic carbocycles. The zero-order valence-corrected chi connectivity index (χ0v) is 18.7. The predicted octanol–water partition coefficient (Wildman–Crippen LogP) is 6.31. The van der Waals surface area contributed by atoms with Gasteiger partial charge in [-0.2, -0.15) is 0 Å². The highest BCUT2D eigenvalue weighted by atomic mass is 35.5. The summed E-state index contributed by atoms with van der Waals surface area (Å²) in [6.45, 7) is 2.15. The van der Waals surface area contributed by atoms with Crippen LogP contribution in [0.15, 0.2) is 84.6 Å². The van der Waals surface area contributed by atoms with E-state index in [1.807, 2.05) is 24.3 Å². The van der Waals surface area contributed by atoms with Gasteiger partial charge in [-0.15, -0.1) is 12.4 Å². The molecule has 1 N–H and O–H groups in total. The molecular formula is C27H24ClN3O. The molecule has 0 saturated carbocycles.